The number of imidazole rings is 1. The van der Waals surface area contributed by atoms with E-state index < -0.39 is 23.5 Å². The Bertz CT molecular complexity index is 1140. The van der Waals surface area contributed by atoms with Gasteiger partial charge < -0.3 is 14.6 Å². The Balaban J connectivity index is 1.75. The molecule has 1 amide bonds. The van der Waals surface area contributed by atoms with Gasteiger partial charge in [-0.15, -0.1) is 0 Å². The van der Waals surface area contributed by atoms with Gasteiger partial charge in [-0.2, -0.15) is 0 Å². The molecule has 1 aromatic heterocycles. The van der Waals surface area contributed by atoms with Crippen molar-refractivity contribution in [3.05, 3.63) is 95.3 Å². The zero-order chi connectivity index (χ0) is 22.0. The van der Waals surface area contributed by atoms with Crippen LogP contribution < -0.4 is 0 Å². The zero-order valence-electron chi connectivity index (χ0n) is 17.0. The van der Waals surface area contributed by atoms with Crippen molar-refractivity contribution in [2.24, 2.45) is 0 Å². The van der Waals surface area contributed by atoms with Gasteiger partial charge in [0.15, 0.2) is 0 Å². The van der Waals surface area contributed by atoms with Gasteiger partial charge in [-0.25, -0.2) is 9.37 Å². The average Bonchev–Trinajstić information content (AvgIpc) is 3.36. The van der Waals surface area contributed by atoms with Gasteiger partial charge in [0.1, 0.15) is 11.6 Å². The second kappa shape index (κ2) is 8.55. The molecular formula is C24H22FN3O3. The molecule has 0 spiro atoms. The third-order valence-electron chi connectivity index (χ3n) is 5.44. The van der Waals surface area contributed by atoms with Gasteiger partial charge in [0.05, 0.1) is 17.9 Å². The fraction of sp³-hybridized carbons (Fsp3) is 0.208. The Labute approximate surface area is 179 Å². The van der Waals surface area contributed by atoms with E-state index in [1.807, 2.05) is 11.5 Å². The quantitative estimate of drug-likeness (QED) is 0.374. The van der Waals surface area contributed by atoms with E-state index in [1.165, 1.54) is 17.0 Å². The standard InChI is InChI=1S/C24H22FN3O3/c1-16-7-9-17(10-8-16)22(29)20-21(18-5-2-3-6-19(18)25)28(24(31)23(20)30)13-4-12-27-14-11-26-15-27/h2-3,5-11,14-15,21,29H,4,12-13H2,1H3/t21-/m0/s1. The molecule has 4 rings (SSSR count). The average molecular weight is 419 g/mol. The van der Waals surface area contributed by atoms with Crippen molar-refractivity contribution < 1.29 is 19.1 Å². The molecule has 2 aromatic carbocycles. The molecule has 1 N–H and O–H groups in total. The summed E-state index contributed by atoms with van der Waals surface area (Å²) < 4.78 is 16.6. The summed E-state index contributed by atoms with van der Waals surface area (Å²) >= 11 is 0. The molecule has 1 atom stereocenters. The number of amides is 1. The summed E-state index contributed by atoms with van der Waals surface area (Å²) in [5.41, 5.74) is 1.48. The lowest BCUT2D eigenvalue weighted by Gasteiger charge is -2.25. The van der Waals surface area contributed by atoms with Crippen LogP contribution in [0, 0.1) is 12.7 Å². The van der Waals surface area contributed by atoms with E-state index in [1.54, 1.807) is 55.1 Å². The minimum atomic E-state index is -0.995. The van der Waals surface area contributed by atoms with E-state index in [9.17, 15) is 19.1 Å². The number of Topliss-reactive ketones (excluding diaryl/α,β-unsaturated/α-hetero) is 1. The Morgan fingerprint density at radius 1 is 1.10 bits per heavy atom. The first-order chi connectivity index (χ1) is 15.0. The van der Waals surface area contributed by atoms with Crippen molar-refractivity contribution in [3.63, 3.8) is 0 Å². The summed E-state index contributed by atoms with van der Waals surface area (Å²) in [4.78, 5) is 31.2. The third-order valence-corrected chi connectivity index (χ3v) is 5.44. The van der Waals surface area contributed by atoms with Crippen molar-refractivity contribution >= 4 is 17.4 Å². The molecule has 1 fully saturated rings. The Kier molecular flexibility index (Phi) is 5.66. The lowest BCUT2D eigenvalue weighted by atomic mass is 9.94. The van der Waals surface area contributed by atoms with Crippen molar-refractivity contribution in [1.29, 1.82) is 0 Å². The zero-order valence-corrected chi connectivity index (χ0v) is 17.0. The lowest BCUT2D eigenvalue weighted by molar-refractivity contribution is -0.140. The first kappa shape index (κ1) is 20.5. The normalized spacial score (nSPS) is 18.0. The van der Waals surface area contributed by atoms with Crippen molar-refractivity contribution in [2.75, 3.05) is 6.54 Å². The van der Waals surface area contributed by atoms with Crippen LogP contribution in [0.2, 0.25) is 0 Å². The first-order valence-electron chi connectivity index (χ1n) is 10.0. The second-order valence-electron chi connectivity index (χ2n) is 7.53. The van der Waals surface area contributed by atoms with Crippen molar-refractivity contribution in [2.45, 2.75) is 25.9 Å². The van der Waals surface area contributed by atoms with Crippen LogP contribution in [0.5, 0.6) is 0 Å². The summed E-state index contributed by atoms with van der Waals surface area (Å²) in [5, 5.41) is 11.0. The molecule has 158 valence electrons. The number of aryl methyl sites for hydroxylation is 2. The summed E-state index contributed by atoms with van der Waals surface area (Å²) in [6.07, 6.45) is 5.67. The van der Waals surface area contributed by atoms with E-state index in [-0.39, 0.29) is 23.4 Å². The van der Waals surface area contributed by atoms with Crippen LogP contribution >= 0.6 is 0 Å². The minimum Gasteiger partial charge on any atom is -0.507 e. The number of carbonyl (C=O) groups excluding carboxylic acids is 2. The minimum absolute atomic E-state index is 0.0958. The van der Waals surface area contributed by atoms with Crippen LogP contribution in [0.3, 0.4) is 0 Å². The number of rotatable bonds is 6. The van der Waals surface area contributed by atoms with E-state index in [0.29, 0.717) is 18.5 Å². The predicted octanol–water partition coefficient (Wildman–Crippen LogP) is 3.84. The largest absolute Gasteiger partial charge is 0.507 e. The summed E-state index contributed by atoms with van der Waals surface area (Å²) in [6, 6.07) is 12.0. The number of hydrogen-bond acceptors (Lipinski definition) is 4. The van der Waals surface area contributed by atoms with Gasteiger partial charge in [-0.1, -0.05) is 48.0 Å². The van der Waals surface area contributed by atoms with Crippen molar-refractivity contribution in [1.82, 2.24) is 14.5 Å². The molecule has 1 saturated heterocycles. The van der Waals surface area contributed by atoms with E-state index in [0.717, 1.165) is 5.56 Å². The molecule has 7 heteroatoms. The third kappa shape index (κ3) is 3.99. The van der Waals surface area contributed by atoms with Crippen LogP contribution in [-0.2, 0) is 16.1 Å². The van der Waals surface area contributed by atoms with E-state index in [2.05, 4.69) is 4.98 Å². The summed E-state index contributed by atoms with van der Waals surface area (Å²) in [7, 11) is 0. The number of ketones is 1. The molecule has 0 radical (unpaired) electrons. The molecule has 0 bridgehead atoms. The highest BCUT2D eigenvalue weighted by Gasteiger charge is 2.46. The molecule has 2 heterocycles. The van der Waals surface area contributed by atoms with E-state index >= 15 is 0 Å². The highest BCUT2D eigenvalue weighted by molar-refractivity contribution is 6.46. The van der Waals surface area contributed by atoms with Gasteiger partial charge in [0, 0.05) is 36.6 Å². The highest BCUT2D eigenvalue weighted by Crippen LogP contribution is 2.40. The molecule has 1 aliphatic rings. The monoisotopic (exact) mass is 419 g/mol. The molecule has 0 unspecified atom stereocenters. The summed E-state index contributed by atoms with van der Waals surface area (Å²) in [5.74, 6) is -2.39. The molecule has 6 nitrogen and oxygen atoms in total. The fourth-order valence-electron chi connectivity index (χ4n) is 3.84. The van der Waals surface area contributed by atoms with Crippen LogP contribution in [0.1, 0.15) is 29.2 Å². The number of aliphatic hydroxyl groups excluding tert-OH is 1. The molecular weight excluding hydrogens is 397 g/mol. The second-order valence-corrected chi connectivity index (χ2v) is 7.53. The highest BCUT2D eigenvalue weighted by atomic mass is 19.1. The van der Waals surface area contributed by atoms with Crippen LogP contribution in [0.4, 0.5) is 4.39 Å². The number of nitrogens with zero attached hydrogens (tertiary/aromatic N) is 3. The SMILES string of the molecule is Cc1ccc(C(O)=C2C(=O)C(=O)N(CCCn3ccnc3)[C@H]2c2ccccc2F)cc1. The van der Waals surface area contributed by atoms with Crippen LogP contribution in [0.25, 0.3) is 5.76 Å². The van der Waals surface area contributed by atoms with Gasteiger partial charge in [-0.05, 0) is 19.4 Å². The number of aromatic nitrogens is 2. The van der Waals surface area contributed by atoms with Crippen molar-refractivity contribution in [3.8, 4) is 0 Å². The van der Waals surface area contributed by atoms with Crippen LogP contribution in [-0.4, -0.2) is 37.8 Å². The number of hydrogen-bond donors (Lipinski definition) is 1. The molecule has 0 saturated carbocycles. The summed E-state index contributed by atoms with van der Waals surface area (Å²) in [6.45, 7) is 2.72. The maximum atomic E-state index is 14.7. The predicted molar refractivity (Wildman–Crippen MR) is 113 cm³/mol. The maximum absolute atomic E-state index is 14.7. The van der Waals surface area contributed by atoms with Gasteiger partial charge >= 0.3 is 0 Å². The maximum Gasteiger partial charge on any atom is 0.295 e. The lowest BCUT2D eigenvalue weighted by Crippen LogP contribution is -2.31. The number of benzene rings is 2. The topological polar surface area (TPSA) is 75.4 Å². The van der Waals surface area contributed by atoms with Crippen LogP contribution in [0.15, 0.2) is 72.8 Å². The Morgan fingerprint density at radius 2 is 1.84 bits per heavy atom. The first-order valence-corrected chi connectivity index (χ1v) is 10.0. The number of carbonyl (C=O) groups is 2. The van der Waals surface area contributed by atoms with E-state index in [4.69, 9.17) is 0 Å². The van der Waals surface area contributed by atoms with Gasteiger partial charge in [0.2, 0.25) is 0 Å². The Hall–Kier alpha value is -3.74. The molecule has 1 aliphatic heterocycles. The fourth-order valence-corrected chi connectivity index (χ4v) is 3.84. The Morgan fingerprint density at radius 3 is 2.52 bits per heavy atom. The number of halogens is 1. The number of likely N-dealkylation sites (tertiary alicyclic amines) is 1. The molecule has 0 aliphatic carbocycles. The van der Waals surface area contributed by atoms with Gasteiger partial charge in [-0.3, -0.25) is 9.59 Å². The van der Waals surface area contributed by atoms with Gasteiger partial charge in [0.25, 0.3) is 11.7 Å². The number of aliphatic hydroxyl groups is 1. The molecule has 3 aromatic rings. The smallest absolute Gasteiger partial charge is 0.295 e. The molecule has 31 heavy (non-hydrogen) atoms.